The second-order valence-electron chi connectivity index (χ2n) is 7.32. The lowest BCUT2D eigenvalue weighted by Crippen LogP contribution is -2.40. The Labute approximate surface area is 186 Å². The molecule has 3 aromatic carbocycles. The van der Waals surface area contributed by atoms with Crippen molar-refractivity contribution in [2.45, 2.75) is 10.3 Å². The predicted octanol–water partition coefficient (Wildman–Crippen LogP) is 3.61. The highest BCUT2D eigenvalue weighted by atomic mass is 32.2. The summed E-state index contributed by atoms with van der Waals surface area (Å²) in [4.78, 5) is 13.4. The highest BCUT2D eigenvalue weighted by Crippen LogP contribution is 2.40. The fraction of sp³-hybridized carbons (Fsp3) is 0.125. The predicted molar refractivity (Wildman–Crippen MR) is 124 cm³/mol. The van der Waals surface area contributed by atoms with Crippen LogP contribution in [0.25, 0.3) is 6.08 Å². The molecule has 1 heterocycles. The van der Waals surface area contributed by atoms with Gasteiger partial charge in [0.1, 0.15) is 0 Å². The van der Waals surface area contributed by atoms with Crippen molar-refractivity contribution >= 4 is 33.2 Å². The Morgan fingerprint density at radius 3 is 2.41 bits per heavy atom. The molecular formula is C24H23N3O4S. The Bertz CT molecular complexity index is 1230. The second kappa shape index (κ2) is 9.25. The number of rotatable bonds is 6. The molecule has 1 atom stereocenters. The van der Waals surface area contributed by atoms with Crippen LogP contribution < -0.4 is 15.7 Å². The topological polar surface area (TPSA) is 98.7 Å². The number of carbonyl (C=O) groups is 1. The van der Waals surface area contributed by atoms with E-state index < -0.39 is 21.1 Å². The number of hydroxylamine groups is 1. The molecule has 1 unspecified atom stereocenters. The van der Waals surface area contributed by atoms with E-state index in [9.17, 15) is 13.2 Å². The first-order valence-corrected chi connectivity index (χ1v) is 11.7. The van der Waals surface area contributed by atoms with Crippen molar-refractivity contribution < 1.29 is 18.4 Å². The molecule has 1 amide bonds. The molecule has 1 aliphatic rings. The van der Waals surface area contributed by atoms with Gasteiger partial charge in [0.15, 0.2) is 5.37 Å². The Kier molecular flexibility index (Phi) is 6.25. The first-order chi connectivity index (χ1) is 15.5. The quantitative estimate of drug-likeness (QED) is 0.302. The standard InChI is InChI=1S/C24H23N3O4S/c28-23(26-29)15-12-18-10-13-19(14-11-18)24(32(30,31)20-6-2-1-3-7-20)27-17-16-25-21-8-4-5-9-22(21)27/h1-15,24-25,29H,16-17H2,(H,26,28). The van der Waals surface area contributed by atoms with Gasteiger partial charge in [-0.25, -0.2) is 13.9 Å². The summed E-state index contributed by atoms with van der Waals surface area (Å²) in [5.41, 5.74) is 4.58. The molecule has 0 radical (unpaired) electrons. The average molecular weight is 450 g/mol. The molecule has 0 bridgehead atoms. The Morgan fingerprint density at radius 1 is 1.00 bits per heavy atom. The number of benzene rings is 3. The lowest BCUT2D eigenvalue weighted by Gasteiger charge is -2.38. The van der Waals surface area contributed by atoms with Gasteiger partial charge in [0, 0.05) is 19.2 Å². The average Bonchev–Trinajstić information content (AvgIpc) is 2.84. The number of nitrogens with one attached hydrogen (secondary N) is 2. The van der Waals surface area contributed by atoms with Crippen LogP contribution in [0.2, 0.25) is 0 Å². The molecule has 0 saturated heterocycles. The number of anilines is 2. The van der Waals surface area contributed by atoms with Gasteiger partial charge in [0.05, 0.1) is 16.3 Å². The number of nitrogens with zero attached hydrogens (tertiary/aromatic N) is 1. The van der Waals surface area contributed by atoms with E-state index in [2.05, 4.69) is 5.32 Å². The van der Waals surface area contributed by atoms with Gasteiger partial charge < -0.3 is 10.2 Å². The van der Waals surface area contributed by atoms with Gasteiger partial charge in [-0.2, -0.15) is 0 Å². The lowest BCUT2D eigenvalue weighted by molar-refractivity contribution is -0.124. The second-order valence-corrected chi connectivity index (χ2v) is 9.33. The summed E-state index contributed by atoms with van der Waals surface area (Å²) in [5.74, 6) is -0.643. The van der Waals surface area contributed by atoms with E-state index in [4.69, 9.17) is 5.21 Å². The molecule has 7 nitrogen and oxygen atoms in total. The number of para-hydroxylation sites is 2. The van der Waals surface area contributed by atoms with Gasteiger partial charge in [-0.1, -0.05) is 54.6 Å². The Balaban J connectivity index is 1.79. The maximum Gasteiger partial charge on any atom is 0.267 e. The summed E-state index contributed by atoms with van der Waals surface area (Å²) in [5, 5.41) is 11.0. The van der Waals surface area contributed by atoms with Crippen LogP contribution >= 0.6 is 0 Å². The molecule has 3 N–H and O–H groups in total. The van der Waals surface area contributed by atoms with E-state index in [-0.39, 0.29) is 4.90 Å². The zero-order chi connectivity index (χ0) is 22.6. The van der Waals surface area contributed by atoms with Crippen molar-refractivity contribution in [1.29, 1.82) is 0 Å². The minimum absolute atomic E-state index is 0.254. The smallest absolute Gasteiger partial charge is 0.267 e. The van der Waals surface area contributed by atoms with Crippen LogP contribution in [-0.2, 0) is 14.6 Å². The van der Waals surface area contributed by atoms with Crippen LogP contribution in [0.3, 0.4) is 0 Å². The first kappa shape index (κ1) is 21.6. The zero-order valence-corrected chi connectivity index (χ0v) is 18.0. The number of hydrogen-bond acceptors (Lipinski definition) is 6. The highest BCUT2D eigenvalue weighted by molar-refractivity contribution is 7.91. The van der Waals surface area contributed by atoms with Crippen molar-refractivity contribution in [1.82, 2.24) is 5.48 Å². The number of fused-ring (bicyclic) bond motifs is 1. The minimum atomic E-state index is -3.76. The molecule has 0 aliphatic carbocycles. The lowest BCUT2D eigenvalue weighted by atomic mass is 10.1. The van der Waals surface area contributed by atoms with E-state index >= 15 is 0 Å². The number of hydrogen-bond donors (Lipinski definition) is 3. The summed E-state index contributed by atoms with van der Waals surface area (Å²) in [6.45, 7) is 1.14. The van der Waals surface area contributed by atoms with E-state index in [1.807, 2.05) is 29.2 Å². The van der Waals surface area contributed by atoms with E-state index in [1.165, 1.54) is 17.6 Å². The third kappa shape index (κ3) is 4.37. The molecule has 3 aromatic rings. The summed E-state index contributed by atoms with van der Waals surface area (Å²) in [6, 6.07) is 23.1. The van der Waals surface area contributed by atoms with Crippen LogP contribution in [0.4, 0.5) is 11.4 Å². The van der Waals surface area contributed by atoms with Crippen LogP contribution in [0.1, 0.15) is 16.5 Å². The van der Waals surface area contributed by atoms with Crippen LogP contribution in [-0.4, -0.2) is 32.6 Å². The molecule has 164 valence electrons. The summed E-state index contributed by atoms with van der Waals surface area (Å²) < 4.78 is 27.6. The normalized spacial score (nSPS) is 14.5. The third-order valence-corrected chi connectivity index (χ3v) is 7.33. The number of carbonyl (C=O) groups excluding carboxylic acids is 1. The molecule has 0 fully saturated rings. The fourth-order valence-electron chi connectivity index (χ4n) is 3.80. The molecule has 32 heavy (non-hydrogen) atoms. The molecule has 0 saturated carbocycles. The van der Waals surface area contributed by atoms with Crippen molar-refractivity contribution in [2.75, 3.05) is 23.3 Å². The fourth-order valence-corrected chi connectivity index (χ4v) is 5.66. The molecule has 1 aliphatic heterocycles. The maximum atomic E-state index is 13.8. The van der Waals surface area contributed by atoms with Gasteiger partial charge in [0.25, 0.3) is 5.91 Å². The van der Waals surface area contributed by atoms with Crippen molar-refractivity contribution in [3.05, 3.63) is 96.1 Å². The van der Waals surface area contributed by atoms with Crippen LogP contribution in [0.15, 0.2) is 89.8 Å². The Hall–Kier alpha value is -3.62. The SMILES string of the molecule is O=C(C=Cc1ccc(C(N2CCNc3ccccc32)S(=O)(=O)c2ccccc2)cc1)NO. The van der Waals surface area contributed by atoms with Gasteiger partial charge in [-0.15, -0.1) is 0 Å². The maximum absolute atomic E-state index is 13.8. The van der Waals surface area contributed by atoms with Gasteiger partial charge in [-0.05, 0) is 41.5 Å². The zero-order valence-electron chi connectivity index (χ0n) is 17.2. The molecular weight excluding hydrogens is 426 g/mol. The minimum Gasteiger partial charge on any atom is -0.382 e. The molecule has 0 aromatic heterocycles. The summed E-state index contributed by atoms with van der Waals surface area (Å²) in [6.07, 6.45) is 2.73. The van der Waals surface area contributed by atoms with E-state index in [0.717, 1.165) is 11.4 Å². The largest absolute Gasteiger partial charge is 0.382 e. The molecule has 8 heteroatoms. The van der Waals surface area contributed by atoms with Gasteiger partial charge >= 0.3 is 0 Å². The first-order valence-electron chi connectivity index (χ1n) is 10.1. The van der Waals surface area contributed by atoms with E-state index in [0.29, 0.717) is 24.2 Å². The van der Waals surface area contributed by atoms with Gasteiger partial charge in [0.2, 0.25) is 9.84 Å². The number of sulfone groups is 1. The van der Waals surface area contributed by atoms with Gasteiger partial charge in [-0.3, -0.25) is 10.0 Å². The monoisotopic (exact) mass is 449 g/mol. The highest BCUT2D eigenvalue weighted by Gasteiger charge is 2.36. The van der Waals surface area contributed by atoms with Crippen LogP contribution in [0.5, 0.6) is 0 Å². The molecule has 4 rings (SSSR count). The van der Waals surface area contributed by atoms with Crippen molar-refractivity contribution in [3.63, 3.8) is 0 Å². The van der Waals surface area contributed by atoms with E-state index in [1.54, 1.807) is 54.6 Å². The van der Waals surface area contributed by atoms with Crippen molar-refractivity contribution in [3.8, 4) is 0 Å². The molecule has 0 spiro atoms. The number of amides is 1. The van der Waals surface area contributed by atoms with Crippen LogP contribution in [0, 0.1) is 0 Å². The summed E-state index contributed by atoms with van der Waals surface area (Å²) in [7, 11) is -3.76. The summed E-state index contributed by atoms with van der Waals surface area (Å²) >= 11 is 0. The Morgan fingerprint density at radius 2 is 1.69 bits per heavy atom. The third-order valence-electron chi connectivity index (χ3n) is 5.29. The van der Waals surface area contributed by atoms with Crippen molar-refractivity contribution in [2.24, 2.45) is 0 Å².